The number of carbonyl (C=O) groups excluding carboxylic acids is 1. The average Bonchev–Trinajstić information content (AvgIpc) is 2.13. The SMILES string of the molecule is Cc1cc(O)cc(O)c1C(=O)OCC[Si](C)(C)C. The first-order chi connectivity index (χ1) is 8.20. The molecule has 18 heavy (non-hydrogen) atoms. The smallest absolute Gasteiger partial charge is 0.342 e. The molecule has 0 aliphatic heterocycles. The number of phenols is 2. The van der Waals surface area contributed by atoms with E-state index in [1.54, 1.807) is 6.92 Å². The number of aromatic hydroxyl groups is 2. The summed E-state index contributed by atoms with van der Waals surface area (Å²) in [5, 5.41) is 18.9. The Morgan fingerprint density at radius 1 is 1.28 bits per heavy atom. The normalized spacial score (nSPS) is 11.3. The van der Waals surface area contributed by atoms with Gasteiger partial charge in [0.05, 0.1) is 6.61 Å². The first kappa shape index (κ1) is 14.6. The highest BCUT2D eigenvalue weighted by atomic mass is 28.3. The van der Waals surface area contributed by atoms with Crippen LogP contribution in [-0.4, -0.2) is 30.9 Å². The summed E-state index contributed by atoms with van der Waals surface area (Å²) in [7, 11) is -1.24. The first-order valence-corrected chi connectivity index (χ1v) is 9.61. The van der Waals surface area contributed by atoms with Crippen molar-refractivity contribution in [2.24, 2.45) is 0 Å². The van der Waals surface area contributed by atoms with Gasteiger partial charge in [0.2, 0.25) is 0 Å². The standard InChI is InChI=1S/C13H20O4Si/c1-9-7-10(14)8-11(15)12(9)13(16)17-5-6-18(2,3)4/h7-8,14-15H,5-6H2,1-4H3. The molecule has 0 aliphatic carbocycles. The maximum absolute atomic E-state index is 11.8. The van der Waals surface area contributed by atoms with E-state index in [9.17, 15) is 15.0 Å². The maximum atomic E-state index is 11.8. The minimum atomic E-state index is -1.24. The van der Waals surface area contributed by atoms with E-state index in [4.69, 9.17) is 4.74 Å². The average molecular weight is 268 g/mol. The summed E-state index contributed by atoms with van der Waals surface area (Å²) in [5.74, 6) is -0.850. The number of carbonyl (C=O) groups is 1. The zero-order chi connectivity index (χ0) is 13.9. The molecule has 0 aliphatic rings. The fourth-order valence-electron chi connectivity index (χ4n) is 1.54. The van der Waals surface area contributed by atoms with Gasteiger partial charge in [0, 0.05) is 14.1 Å². The molecular weight excluding hydrogens is 248 g/mol. The highest BCUT2D eigenvalue weighted by Crippen LogP contribution is 2.27. The molecule has 0 radical (unpaired) electrons. The molecule has 1 aromatic carbocycles. The van der Waals surface area contributed by atoms with Crippen LogP contribution in [0.5, 0.6) is 11.5 Å². The van der Waals surface area contributed by atoms with Crippen LogP contribution >= 0.6 is 0 Å². The van der Waals surface area contributed by atoms with Crippen LogP contribution in [0.3, 0.4) is 0 Å². The molecule has 1 aromatic rings. The molecular formula is C13H20O4Si. The van der Waals surface area contributed by atoms with Gasteiger partial charge in [-0.2, -0.15) is 0 Å². The third-order valence-corrected chi connectivity index (χ3v) is 4.29. The minimum Gasteiger partial charge on any atom is -0.508 e. The second kappa shape index (κ2) is 5.43. The highest BCUT2D eigenvalue weighted by molar-refractivity contribution is 6.76. The number of ether oxygens (including phenoxy) is 1. The Bertz CT molecular complexity index is 426. The molecule has 0 aromatic heterocycles. The lowest BCUT2D eigenvalue weighted by atomic mass is 10.1. The lowest BCUT2D eigenvalue weighted by Gasteiger charge is -2.16. The quantitative estimate of drug-likeness (QED) is 0.651. The van der Waals surface area contributed by atoms with Crippen molar-refractivity contribution in [1.82, 2.24) is 0 Å². The molecule has 0 heterocycles. The van der Waals surface area contributed by atoms with E-state index in [1.807, 2.05) is 0 Å². The van der Waals surface area contributed by atoms with E-state index in [-0.39, 0.29) is 17.1 Å². The zero-order valence-electron chi connectivity index (χ0n) is 11.3. The Labute approximate surface area is 108 Å². The van der Waals surface area contributed by atoms with Gasteiger partial charge < -0.3 is 14.9 Å². The highest BCUT2D eigenvalue weighted by Gasteiger charge is 2.19. The Kier molecular flexibility index (Phi) is 4.40. The van der Waals surface area contributed by atoms with E-state index in [0.717, 1.165) is 12.1 Å². The number of phenolic OH excluding ortho intramolecular Hbond substituents is 2. The van der Waals surface area contributed by atoms with Gasteiger partial charge in [0.15, 0.2) is 0 Å². The van der Waals surface area contributed by atoms with Crippen LogP contribution in [0, 0.1) is 6.92 Å². The van der Waals surface area contributed by atoms with E-state index in [0.29, 0.717) is 12.2 Å². The largest absolute Gasteiger partial charge is 0.508 e. The Morgan fingerprint density at radius 2 is 1.89 bits per heavy atom. The molecule has 0 saturated carbocycles. The predicted molar refractivity (Wildman–Crippen MR) is 72.9 cm³/mol. The molecule has 0 amide bonds. The van der Waals surface area contributed by atoms with Gasteiger partial charge in [-0.1, -0.05) is 19.6 Å². The van der Waals surface area contributed by atoms with Crippen LogP contribution in [-0.2, 0) is 4.74 Å². The van der Waals surface area contributed by atoms with Crippen molar-refractivity contribution in [2.75, 3.05) is 6.61 Å². The van der Waals surface area contributed by atoms with Crippen molar-refractivity contribution in [1.29, 1.82) is 0 Å². The number of rotatable bonds is 4. The molecule has 5 heteroatoms. The van der Waals surface area contributed by atoms with Crippen LogP contribution in [0.25, 0.3) is 0 Å². The summed E-state index contributed by atoms with van der Waals surface area (Å²) < 4.78 is 5.16. The third kappa shape index (κ3) is 4.07. The molecule has 4 nitrogen and oxygen atoms in total. The zero-order valence-corrected chi connectivity index (χ0v) is 12.3. The lowest BCUT2D eigenvalue weighted by Crippen LogP contribution is -2.22. The fourth-order valence-corrected chi connectivity index (χ4v) is 2.25. The van der Waals surface area contributed by atoms with Gasteiger partial charge in [-0.25, -0.2) is 4.79 Å². The van der Waals surface area contributed by atoms with Crippen LogP contribution in [0.1, 0.15) is 15.9 Å². The molecule has 0 saturated heterocycles. The van der Waals surface area contributed by atoms with E-state index < -0.39 is 14.0 Å². The fraction of sp³-hybridized carbons (Fsp3) is 0.462. The molecule has 0 bridgehead atoms. The summed E-state index contributed by atoms with van der Waals surface area (Å²) >= 11 is 0. The number of hydrogen-bond acceptors (Lipinski definition) is 4. The summed E-state index contributed by atoms with van der Waals surface area (Å²) in [6, 6.07) is 3.45. The number of esters is 1. The molecule has 0 unspecified atom stereocenters. The van der Waals surface area contributed by atoms with E-state index >= 15 is 0 Å². The van der Waals surface area contributed by atoms with E-state index in [1.165, 1.54) is 6.07 Å². The van der Waals surface area contributed by atoms with Crippen LogP contribution < -0.4 is 0 Å². The summed E-state index contributed by atoms with van der Waals surface area (Å²) in [6.45, 7) is 8.61. The Morgan fingerprint density at radius 3 is 2.39 bits per heavy atom. The second-order valence-electron chi connectivity index (χ2n) is 5.60. The second-order valence-corrected chi connectivity index (χ2v) is 11.2. The van der Waals surface area contributed by atoms with Crippen molar-refractivity contribution in [3.8, 4) is 11.5 Å². The number of hydrogen-bond donors (Lipinski definition) is 2. The monoisotopic (exact) mass is 268 g/mol. The lowest BCUT2D eigenvalue weighted by molar-refractivity contribution is 0.0521. The molecule has 0 fully saturated rings. The van der Waals surface area contributed by atoms with Crippen molar-refractivity contribution < 1.29 is 19.7 Å². The van der Waals surface area contributed by atoms with Gasteiger partial charge in [0.25, 0.3) is 0 Å². The topological polar surface area (TPSA) is 66.8 Å². The molecule has 100 valence electrons. The molecule has 2 N–H and O–H groups in total. The molecule has 1 rings (SSSR count). The molecule has 0 spiro atoms. The van der Waals surface area contributed by atoms with Gasteiger partial charge in [-0.05, 0) is 24.6 Å². The number of benzene rings is 1. The summed E-state index contributed by atoms with van der Waals surface area (Å²) in [6.07, 6.45) is 0. The van der Waals surface area contributed by atoms with Gasteiger partial charge in [-0.3, -0.25) is 0 Å². The van der Waals surface area contributed by atoms with Gasteiger partial charge in [-0.15, -0.1) is 0 Å². The van der Waals surface area contributed by atoms with E-state index in [2.05, 4.69) is 19.6 Å². The van der Waals surface area contributed by atoms with Crippen LogP contribution in [0.15, 0.2) is 12.1 Å². The minimum absolute atomic E-state index is 0.0661. The maximum Gasteiger partial charge on any atom is 0.342 e. The van der Waals surface area contributed by atoms with Crippen molar-refractivity contribution in [2.45, 2.75) is 32.6 Å². The van der Waals surface area contributed by atoms with Gasteiger partial charge >= 0.3 is 5.97 Å². The van der Waals surface area contributed by atoms with Crippen molar-refractivity contribution in [3.05, 3.63) is 23.3 Å². The Balaban J connectivity index is 2.74. The molecule has 0 atom stereocenters. The summed E-state index contributed by atoms with van der Waals surface area (Å²) in [4.78, 5) is 11.8. The van der Waals surface area contributed by atoms with Crippen molar-refractivity contribution in [3.63, 3.8) is 0 Å². The number of aryl methyl sites for hydroxylation is 1. The first-order valence-electron chi connectivity index (χ1n) is 5.90. The third-order valence-electron chi connectivity index (χ3n) is 2.59. The predicted octanol–water partition coefficient (Wildman–Crippen LogP) is 2.90. The summed E-state index contributed by atoms with van der Waals surface area (Å²) in [5.41, 5.74) is 0.633. The Hall–Kier alpha value is -1.49. The van der Waals surface area contributed by atoms with Gasteiger partial charge in [0.1, 0.15) is 17.1 Å². The van der Waals surface area contributed by atoms with Crippen LogP contribution in [0.2, 0.25) is 25.7 Å². The van der Waals surface area contributed by atoms with Crippen molar-refractivity contribution >= 4 is 14.0 Å². The van der Waals surface area contributed by atoms with Crippen LogP contribution in [0.4, 0.5) is 0 Å².